The summed E-state index contributed by atoms with van der Waals surface area (Å²) >= 11 is 0. The van der Waals surface area contributed by atoms with Gasteiger partial charge in [-0.25, -0.2) is 0 Å². The minimum Gasteiger partial charge on any atom is -0.389 e. The number of nitrogens with zero attached hydrogens (tertiary/aromatic N) is 1. The minimum absolute atomic E-state index is 0.487. The van der Waals surface area contributed by atoms with Gasteiger partial charge in [-0.3, -0.25) is 0 Å². The molecule has 0 saturated carbocycles. The van der Waals surface area contributed by atoms with Gasteiger partial charge in [0, 0.05) is 24.7 Å². The summed E-state index contributed by atoms with van der Waals surface area (Å²) < 4.78 is 0. The van der Waals surface area contributed by atoms with Crippen LogP contribution in [0.5, 0.6) is 0 Å². The van der Waals surface area contributed by atoms with Gasteiger partial charge in [-0.05, 0) is 45.6 Å². The van der Waals surface area contributed by atoms with Crippen LogP contribution in [0.15, 0.2) is 0 Å². The van der Waals surface area contributed by atoms with Crippen molar-refractivity contribution < 1.29 is 5.11 Å². The van der Waals surface area contributed by atoms with E-state index in [1.807, 2.05) is 0 Å². The average Bonchev–Trinajstić information content (AvgIpc) is 2.68. The predicted molar refractivity (Wildman–Crippen MR) is 71.1 cm³/mol. The normalized spacial score (nSPS) is 33.4. The zero-order valence-electron chi connectivity index (χ0n) is 11.6. The largest absolute Gasteiger partial charge is 0.389 e. The van der Waals surface area contributed by atoms with Crippen LogP contribution < -0.4 is 5.32 Å². The topological polar surface area (TPSA) is 35.5 Å². The molecule has 2 unspecified atom stereocenters. The van der Waals surface area contributed by atoms with Gasteiger partial charge in [-0.15, -0.1) is 0 Å². The summed E-state index contributed by atoms with van der Waals surface area (Å²) in [6.45, 7) is 5.00. The maximum atomic E-state index is 10.4. The predicted octanol–water partition coefficient (Wildman–Crippen LogP) is 1.75. The van der Waals surface area contributed by atoms with E-state index in [2.05, 4.69) is 31.1 Å². The molecule has 0 radical (unpaired) electrons. The number of rotatable bonds is 5. The van der Waals surface area contributed by atoms with Gasteiger partial charge in [0.25, 0.3) is 0 Å². The molecule has 0 aromatic heterocycles. The summed E-state index contributed by atoms with van der Waals surface area (Å²) in [5.74, 6) is 0. The maximum Gasteiger partial charge on any atom is 0.0768 e. The van der Waals surface area contributed by atoms with Gasteiger partial charge in [0.2, 0.25) is 0 Å². The molecule has 2 saturated heterocycles. The monoisotopic (exact) mass is 240 g/mol. The highest BCUT2D eigenvalue weighted by Crippen LogP contribution is 2.30. The third-order valence-electron chi connectivity index (χ3n) is 4.93. The number of nitrogens with one attached hydrogen (secondary N) is 1. The Kier molecular flexibility index (Phi) is 4.11. The van der Waals surface area contributed by atoms with Crippen LogP contribution in [0.2, 0.25) is 0 Å². The molecule has 0 aromatic rings. The summed E-state index contributed by atoms with van der Waals surface area (Å²) in [5.41, 5.74) is -0.487. The van der Waals surface area contributed by atoms with Crippen LogP contribution in [0.1, 0.15) is 52.4 Å². The number of likely N-dealkylation sites (N-methyl/N-ethyl adjacent to an activating group) is 1. The van der Waals surface area contributed by atoms with E-state index in [0.717, 1.165) is 31.5 Å². The van der Waals surface area contributed by atoms with Gasteiger partial charge in [0.05, 0.1) is 5.60 Å². The first-order valence-electron chi connectivity index (χ1n) is 7.25. The Hall–Kier alpha value is -0.120. The quantitative estimate of drug-likeness (QED) is 0.768. The molecule has 0 aliphatic carbocycles. The molecule has 0 spiro atoms. The molecule has 2 heterocycles. The molecule has 2 aliphatic rings. The van der Waals surface area contributed by atoms with E-state index in [1.54, 1.807) is 0 Å². The van der Waals surface area contributed by atoms with Crippen molar-refractivity contribution in [2.24, 2.45) is 0 Å². The van der Waals surface area contributed by atoms with Crippen molar-refractivity contribution in [3.05, 3.63) is 0 Å². The summed E-state index contributed by atoms with van der Waals surface area (Å²) in [5, 5.41) is 14.1. The summed E-state index contributed by atoms with van der Waals surface area (Å²) in [6.07, 6.45) is 6.92. The molecule has 2 bridgehead atoms. The lowest BCUT2D eigenvalue weighted by Gasteiger charge is -2.39. The SMILES string of the molecule is CCC(O)(CC)CN(C)C1CC2CCC(C1)N2. The van der Waals surface area contributed by atoms with Crippen LogP contribution in [0, 0.1) is 0 Å². The second kappa shape index (κ2) is 5.25. The van der Waals surface area contributed by atoms with Crippen molar-refractivity contribution in [1.82, 2.24) is 10.2 Å². The van der Waals surface area contributed by atoms with Crippen LogP contribution in [0.3, 0.4) is 0 Å². The second-order valence-electron chi connectivity index (χ2n) is 6.11. The summed E-state index contributed by atoms with van der Waals surface area (Å²) in [7, 11) is 2.19. The molecular weight excluding hydrogens is 212 g/mol. The van der Waals surface area contributed by atoms with E-state index >= 15 is 0 Å². The Morgan fingerprint density at radius 2 is 1.71 bits per heavy atom. The van der Waals surface area contributed by atoms with E-state index in [0.29, 0.717) is 6.04 Å². The first kappa shape index (κ1) is 13.3. The molecule has 17 heavy (non-hydrogen) atoms. The molecular formula is C14H28N2O. The van der Waals surface area contributed by atoms with Crippen LogP contribution in [-0.4, -0.2) is 47.3 Å². The highest BCUT2D eigenvalue weighted by atomic mass is 16.3. The number of hydrogen-bond donors (Lipinski definition) is 2. The lowest BCUT2D eigenvalue weighted by Crippen LogP contribution is -2.51. The molecule has 0 amide bonds. The molecule has 3 nitrogen and oxygen atoms in total. The van der Waals surface area contributed by atoms with Crippen molar-refractivity contribution >= 4 is 0 Å². The average molecular weight is 240 g/mol. The summed E-state index contributed by atoms with van der Waals surface area (Å²) in [4.78, 5) is 2.40. The van der Waals surface area contributed by atoms with Crippen molar-refractivity contribution in [1.29, 1.82) is 0 Å². The second-order valence-corrected chi connectivity index (χ2v) is 6.11. The van der Waals surface area contributed by atoms with Crippen LogP contribution in [0.4, 0.5) is 0 Å². The Morgan fingerprint density at radius 1 is 1.18 bits per heavy atom. The van der Waals surface area contributed by atoms with E-state index in [1.165, 1.54) is 25.7 Å². The minimum atomic E-state index is -0.487. The Morgan fingerprint density at radius 3 is 2.18 bits per heavy atom. The molecule has 100 valence electrons. The molecule has 2 fully saturated rings. The first-order chi connectivity index (χ1) is 8.06. The fourth-order valence-electron chi connectivity index (χ4n) is 3.45. The smallest absolute Gasteiger partial charge is 0.0768 e. The first-order valence-corrected chi connectivity index (χ1v) is 7.25. The Labute approximate surface area is 106 Å². The van der Waals surface area contributed by atoms with Crippen LogP contribution >= 0.6 is 0 Å². The molecule has 2 aliphatic heterocycles. The van der Waals surface area contributed by atoms with E-state index in [9.17, 15) is 5.11 Å². The van der Waals surface area contributed by atoms with Gasteiger partial charge in [-0.2, -0.15) is 0 Å². The highest BCUT2D eigenvalue weighted by Gasteiger charge is 2.36. The van der Waals surface area contributed by atoms with E-state index < -0.39 is 5.60 Å². The highest BCUT2D eigenvalue weighted by molar-refractivity contribution is 4.96. The van der Waals surface area contributed by atoms with Gasteiger partial charge in [-0.1, -0.05) is 13.8 Å². The third-order valence-corrected chi connectivity index (χ3v) is 4.93. The third kappa shape index (κ3) is 3.01. The zero-order chi connectivity index (χ0) is 12.5. The molecule has 0 aromatic carbocycles. The maximum absolute atomic E-state index is 10.4. The van der Waals surface area contributed by atoms with Gasteiger partial charge in [0.15, 0.2) is 0 Å². The van der Waals surface area contributed by atoms with Crippen molar-refractivity contribution in [3.63, 3.8) is 0 Å². The summed E-state index contributed by atoms with van der Waals surface area (Å²) in [6, 6.07) is 2.13. The van der Waals surface area contributed by atoms with Crippen LogP contribution in [-0.2, 0) is 0 Å². The van der Waals surface area contributed by atoms with Crippen molar-refractivity contribution in [2.45, 2.75) is 76.1 Å². The fraction of sp³-hybridized carbons (Fsp3) is 1.00. The standard InChI is InChI=1S/C14H28N2O/c1-4-14(17,5-2)10-16(3)13-8-11-6-7-12(9-13)15-11/h11-13,15,17H,4-10H2,1-3H3. The molecule has 3 heteroatoms. The van der Waals surface area contributed by atoms with Gasteiger partial charge in [0.1, 0.15) is 0 Å². The fourth-order valence-corrected chi connectivity index (χ4v) is 3.45. The Balaban J connectivity index is 1.89. The van der Waals surface area contributed by atoms with E-state index in [4.69, 9.17) is 0 Å². The lowest BCUT2D eigenvalue weighted by atomic mass is 9.93. The van der Waals surface area contributed by atoms with E-state index in [-0.39, 0.29) is 0 Å². The number of aliphatic hydroxyl groups is 1. The lowest BCUT2D eigenvalue weighted by molar-refractivity contribution is -0.0124. The van der Waals surface area contributed by atoms with Gasteiger partial charge >= 0.3 is 0 Å². The molecule has 2 rings (SSSR count). The number of hydrogen-bond acceptors (Lipinski definition) is 3. The van der Waals surface area contributed by atoms with Crippen molar-refractivity contribution in [2.75, 3.05) is 13.6 Å². The number of fused-ring (bicyclic) bond motifs is 2. The van der Waals surface area contributed by atoms with Crippen LogP contribution in [0.25, 0.3) is 0 Å². The van der Waals surface area contributed by atoms with Gasteiger partial charge < -0.3 is 15.3 Å². The number of piperidine rings is 1. The Bertz CT molecular complexity index is 241. The molecule has 2 atom stereocenters. The molecule has 2 N–H and O–H groups in total. The zero-order valence-corrected chi connectivity index (χ0v) is 11.6. The van der Waals surface area contributed by atoms with Crippen molar-refractivity contribution in [3.8, 4) is 0 Å².